The number of halogens is 3. The Balaban J connectivity index is 0.000000202. The van der Waals surface area contributed by atoms with Crippen molar-refractivity contribution >= 4 is 56.3 Å². The zero-order valence-corrected chi connectivity index (χ0v) is 66.7. The molecule has 13 rings (SSSR count). The van der Waals surface area contributed by atoms with Crippen LogP contribution in [0.5, 0.6) is 0 Å². The van der Waals surface area contributed by atoms with Crippen molar-refractivity contribution in [2.45, 2.75) is 119 Å². The molecule has 97 heavy (non-hydrogen) atoms. The summed E-state index contributed by atoms with van der Waals surface area (Å²) in [6.45, 7) is 42.0. The fraction of sp³-hybridized carbons (Fsp3) is 0.275. The average Bonchev–Trinajstić information content (AvgIpc) is 1.65. The van der Waals surface area contributed by atoms with Crippen molar-refractivity contribution in [1.82, 2.24) is 0 Å². The van der Waals surface area contributed by atoms with E-state index in [2.05, 4.69) is 245 Å². The van der Waals surface area contributed by atoms with E-state index in [0.29, 0.717) is 5.56 Å². The first kappa shape index (κ1) is 79.0. The first-order chi connectivity index (χ1) is 44.4. The van der Waals surface area contributed by atoms with Gasteiger partial charge in [0.1, 0.15) is 0 Å². The zero-order chi connectivity index (χ0) is 66.7. The minimum atomic E-state index is -0.534. The van der Waals surface area contributed by atoms with E-state index in [-0.39, 0.29) is 114 Å². The second-order valence-electron chi connectivity index (χ2n) is 25.6. The number of hydrogen-bond acceptors (Lipinski definition) is 10. The maximum atomic E-state index is 13.6. The molecule has 0 unspecified atom stereocenters. The third-order valence-electron chi connectivity index (χ3n) is 18.4. The van der Waals surface area contributed by atoms with Gasteiger partial charge in [-0.25, -0.2) is 0 Å². The van der Waals surface area contributed by atoms with Gasteiger partial charge < -0.3 is 39.2 Å². The van der Waals surface area contributed by atoms with Crippen LogP contribution in [0.15, 0.2) is 164 Å². The number of rotatable bonds is 12. The van der Waals surface area contributed by atoms with Gasteiger partial charge in [-0.3, -0.25) is 13.2 Å². The average molecular weight is 2010 g/mol. The van der Waals surface area contributed by atoms with Gasteiger partial charge in [-0.1, -0.05) is 36.4 Å². The second kappa shape index (κ2) is 32.8. The van der Waals surface area contributed by atoms with E-state index in [1.807, 2.05) is 75.1 Å². The van der Waals surface area contributed by atoms with Crippen LogP contribution in [-0.2, 0) is 103 Å². The number of anilines is 8. The first-order valence-electron chi connectivity index (χ1n) is 31.8. The third kappa shape index (κ3) is 16.0. The third-order valence-corrected chi connectivity index (χ3v) is 18.4. The van der Waals surface area contributed by atoms with Gasteiger partial charge in [-0.05, 0) is 205 Å². The molecule has 4 radical (unpaired) electrons. The molecule has 9 aromatic carbocycles. The Kier molecular flexibility index (Phi) is 26.7. The topological polar surface area (TPSA) is 73.5 Å². The fourth-order valence-electron chi connectivity index (χ4n) is 12.4. The largest absolute Gasteiger partial charge is 0.502 e. The van der Waals surface area contributed by atoms with E-state index < -0.39 is 11.4 Å². The molecule has 4 heterocycles. The van der Waals surface area contributed by atoms with Crippen molar-refractivity contribution in [3.05, 3.63) is 277 Å². The molecule has 516 valence electrons. The molecule has 0 bridgehead atoms. The van der Waals surface area contributed by atoms with Crippen molar-refractivity contribution < 1.29 is 93.6 Å². The van der Waals surface area contributed by atoms with Gasteiger partial charge in [0.05, 0.1) is 17.7 Å². The molecule has 17 heteroatoms. The molecule has 0 atom stereocenters. The smallest absolute Gasteiger partial charge is 0.0992 e. The Morgan fingerprint density at radius 2 is 0.763 bits per heavy atom. The quantitative estimate of drug-likeness (QED) is 0.110. The Hall–Kier alpha value is -6.99. The molecule has 10 nitrogen and oxygen atoms in total. The second-order valence-corrected chi connectivity index (χ2v) is 25.6. The van der Waals surface area contributed by atoms with Crippen molar-refractivity contribution in [2.24, 2.45) is 0 Å². The summed E-state index contributed by atoms with van der Waals surface area (Å²) in [5.41, 5.74) is 15.1. The van der Waals surface area contributed by atoms with Crippen LogP contribution in [0.3, 0.4) is 0 Å². The van der Waals surface area contributed by atoms with Gasteiger partial charge in [0.2, 0.25) is 0 Å². The summed E-state index contributed by atoms with van der Waals surface area (Å²) in [5.74, 6) is -1.08. The number of aryl methyl sites for hydroxylation is 2. The molecule has 0 fully saturated rings. The van der Waals surface area contributed by atoms with Crippen LogP contribution in [0, 0.1) is 105 Å². The number of para-hydroxylation sites is 2. The number of nitriles is 2. The summed E-state index contributed by atoms with van der Waals surface area (Å²) in [6.07, 6.45) is 0. The van der Waals surface area contributed by atoms with Crippen LogP contribution >= 0.6 is 0 Å². The minimum absolute atomic E-state index is 0. The van der Waals surface area contributed by atoms with Crippen molar-refractivity contribution in [3.8, 4) is 12.1 Å². The predicted octanol–water partition coefficient (Wildman–Crippen LogP) is 18.7. The zero-order valence-electron chi connectivity index (χ0n) is 57.2. The van der Waals surface area contributed by atoms with Gasteiger partial charge in [0, 0.05) is 166 Å². The molecule has 0 saturated heterocycles. The first-order valence-corrected chi connectivity index (χ1v) is 31.8. The predicted molar refractivity (Wildman–Crippen MR) is 374 cm³/mol. The molecule has 0 amide bonds. The Morgan fingerprint density at radius 1 is 0.381 bits per heavy atom. The number of benzene rings is 9. The Bertz CT molecular complexity index is 4230. The van der Waals surface area contributed by atoms with Crippen molar-refractivity contribution in [2.75, 3.05) is 65.4 Å². The molecule has 0 spiro atoms. The van der Waals surface area contributed by atoms with Gasteiger partial charge in [0.15, 0.2) is 0 Å². The normalized spacial score (nSPS) is 13.5. The summed E-state index contributed by atoms with van der Waals surface area (Å²) in [6, 6.07) is 68.4. The van der Waals surface area contributed by atoms with E-state index >= 15 is 0 Å². The van der Waals surface area contributed by atoms with E-state index in [0.717, 1.165) is 65.6 Å². The molecular formula is C80H81F3Ir4N10-8. The van der Waals surface area contributed by atoms with Crippen molar-refractivity contribution in [3.63, 3.8) is 0 Å². The summed E-state index contributed by atoms with van der Waals surface area (Å²) in [7, 11) is 0. The Morgan fingerprint density at radius 3 is 1.22 bits per heavy atom. The van der Waals surface area contributed by atoms with E-state index in [1.165, 1.54) is 80.5 Å². The number of nitrogens with zero attached hydrogens (tertiary/aromatic N) is 10. The fourth-order valence-corrected chi connectivity index (χ4v) is 12.4. The summed E-state index contributed by atoms with van der Waals surface area (Å²) >= 11 is 0. The van der Waals surface area contributed by atoms with Crippen LogP contribution in [0.1, 0.15) is 128 Å². The molecular weight excluding hydrogens is 1930 g/mol. The van der Waals surface area contributed by atoms with E-state index in [1.54, 1.807) is 12.1 Å². The van der Waals surface area contributed by atoms with Crippen molar-refractivity contribution in [1.29, 1.82) is 10.5 Å². The molecule has 4 aliphatic rings. The Labute approximate surface area is 628 Å². The standard InChI is InChI=1S/C22H21FN2.C20H24N2.2C19H18FN3.4Ir/c1-4-24-15-25(22(2,3)18-9-11-19(23)12-10-18)21-14-17-8-6-5-7-16(17)13-20(21)24;1-6-21-14-22(19-13-16(3)15(2)12-18(19)21)20(4,5)17-10-8-7-9-11-17;1-4-22-13-23(17-10-5-14(12-21)11-18(17)22)19(2,3)15-6-8-16(20)9-7-15;1-4-22-13-23(18-8-6-5-7-17(18)22)19(2,3)15-9-10-16(20)14(11-15)12-21;;;;/h5-9,11-15H,4H2,1-3H3;7-10,12-14H,6H2,1-5H3;5-6,8-11,13H,4H2,1-3H3;5-8,10-11,13H,4H2,1-3H3;;;;/q4*-2;;;;. The molecule has 9 aromatic rings. The number of fused-ring (bicyclic) bond motifs is 5. The van der Waals surface area contributed by atoms with Gasteiger partial charge >= 0.3 is 0 Å². The summed E-state index contributed by atoms with van der Waals surface area (Å²) in [4.78, 5) is 17.8. The molecule has 0 N–H and O–H groups in total. The minimum Gasteiger partial charge on any atom is -0.502 e. The SMILES string of the molecule is CCN1[CH-]N(C(C)(C)c2[c-]cc(F)c(C#N)c2)c2ccccc21.CCN1[CH-]N(C(C)(C)c2[c-]cc(F)cc2)c2cc3ccccc3cc21.CCN1[CH-]N(C(C)(C)c2[c-]cc(F)cc2)c2ccc(C#N)cc21.CCN1[CH-]N(C(C)(C)c2[c-]cccc2)c2cc(C)c(C)cc21.[Ir].[Ir].[Ir].[Ir]. The molecule has 0 aromatic heterocycles. The summed E-state index contributed by atoms with van der Waals surface area (Å²) in [5, 5.41) is 20.7. The molecule has 0 saturated carbocycles. The van der Waals surface area contributed by atoms with E-state index in [4.69, 9.17) is 10.5 Å². The maximum absolute atomic E-state index is 13.6. The number of hydrogen-bond donors (Lipinski definition) is 0. The van der Waals surface area contributed by atoms with Crippen LogP contribution in [-0.4, -0.2) is 26.2 Å². The van der Waals surface area contributed by atoms with Crippen LogP contribution in [0.4, 0.5) is 58.7 Å². The monoisotopic (exact) mass is 2010 g/mol. The summed E-state index contributed by atoms with van der Waals surface area (Å²) < 4.78 is 40.1. The molecule has 0 aliphatic carbocycles. The van der Waals surface area contributed by atoms with Gasteiger partial charge in [-0.15, -0.1) is 58.7 Å². The van der Waals surface area contributed by atoms with Gasteiger partial charge in [0.25, 0.3) is 0 Å². The molecule has 4 aliphatic heterocycles. The van der Waals surface area contributed by atoms with E-state index in [9.17, 15) is 13.2 Å². The van der Waals surface area contributed by atoms with Gasteiger partial charge in [-0.2, -0.15) is 97.9 Å². The maximum Gasteiger partial charge on any atom is 0.0992 e. The van der Waals surface area contributed by atoms with Crippen LogP contribution < -0.4 is 39.2 Å². The van der Waals surface area contributed by atoms with Crippen LogP contribution in [0.25, 0.3) is 10.8 Å². The van der Waals surface area contributed by atoms with Crippen LogP contribution in [0.2, 0.25) is 0 Å².